The standard InChI is InChI=1S/C22H27ClN4O3/c1-15-8-7-9-16(2)22(15)25-19(28)12-26(3)14-21(30)27(4)13-20(29)24-18-11-6-5-10-17(18)23/h5-11H,12-14H2,1-4H3,(H,24,29)(H,25,28). The van der Waals surface area contributed by atoms with Crippen LogP contribution in [0.4, 0.5) is 11.4 Å². The monoisotopic (exact) mass is 430 g/mol. The first-order valence-corrected chi connectivity index (χ1v) is 9.88. The number of amides is 3. The Morgan fingerprint density at radius 3 is 2.07 bits per heavy atom. The van der Waals surface area contributed by atoms with Crippen molar-refractivity contribution in [3.05, 3.63) is 58.6 Å². The van der Waals surface area contributed by atoms with Crippen molar-refractivity contribution in [2.75, 3.05) is 44.4 Å². The van der Waals surface area contributed by atoms with Gasteiger partial charge in [0.15, 0.2) is 0 Å². The molecule has 30 heavy (non-hydrogen) atoms. The average molecular weight is 431 g/mol. The number of benzene rings is 2. The maximum Gasteiger partial charge on any atom is 0.244 e. The van der Waals surface area contributed by atoms with E-state index in [0.717, 1.165) is 16.8 Å². The summed E-state index contributed by atoms with van der Waals surface area (Å²) < 4.78 is 0. The molecule has 2 aromatic rings. The topological polar surface area (TPSA) is 81.8 Å². The number of carbonyl (C=O) groups is 3. The normalized spacial score (nSPS) is 10.6. The largest absolute Gasteiger partial charge is 0.335 e. The highest BCUT2D eigenvalue weighted by Crippen LogP contribution is 2.20. The second-order valence-corrected chi connectivity index (χ2v) is 7.67. The van der Waals surface area contributed by atoms with Gasteiger partial charge in [-0.2, -0.15) is 0 Å². The maximum atomic E-state index is 12.4. The van der Waals surface area contributed by atoms with Crippen molar-refractivity contribution < 1.29 is 14.4 Å². The summed E-state index contributed by atoms with van der Waals surface area (Å²) in [6, 6.07) is 12.7. The molecule has 2 N–H and O–H groups in total. The quantitative estimate of drug-likeness (QED) is 0.674. The Balaban J connectivity index is 1.82. The van der Waals surface area contributed by atoms with Crippen molar-refractivity contribution in [1.82, 2.24) is 9.80 Å². The van der Waals surface area contributed by atoms with Gasteiger partial charge in [0.2, 0.25) is 17.7 Å². The van der Waals surface area contributed by atoms with Crippen LogP contribution in [0.15, 0.2) is 42.5 Å². The highest BCUT2D eigenvalue weighted by atomic mass is 35.5. The van der Waals surface area contributed by atoms with Crippen LogP contribution in [0.3, 0.4) is 0 Å². The summed E-state index contributed by atoms with van der Waals surface area (Å²) in [7, 11) is 3.22. The fraction of sp³-hybridized carbons (Fsp3) is 0.318. The van der Waals surface area contributed by atoms with E-state index in [2.05, 4.69) is 10.6 Å². The molecule has 2 rings (SSSR count). The Labute approximate surface area is 182 Å². The molecular formula is C22H27ClN4O3. The van der Waals surface area contributed by atoms with Crippen LogP contribution in [0.2, 0.25) is 5.02 Å². The van der Waals surface area contributed by atoms with Gasteiger partial charge < -0.3 is 15.5 Å². The van der Waals surface area contributed by atoms with Gasteiger partial charge in [-0.15, -0.1) is 0 Å². The van der Waals surface area contributed by atoms with Crippen LogP contribution in [-0.4, -0.2) is 61.3 Å². The fourth-order valence-electron chi connectivity index (χ4n) is 2.90. The van der Waals surface area contributed by atoms with Crippen molar-refractivity contribution in [3.8, 4) is 0 Å². The highest BCUT2D eigenvalue weighted by Gasteiger charge is 2.17. The molecule has 0 bridgehead atoms. The third-order valence-electron chi connectivity index (χ3n) is 4.52. The van der Waals surface area contributed by atoms with Gasteiger partial charge in [-0.1, -0.05) is 41.9 Å². The maximum absolute atomic E-state index is 12.4. The van der Waals surface area contributed by atoms with Crippen molar-refractivity contribution in [2.24, 2.45) is 0 Å². The van der Waals surface area contributed by atoms with Crippen LogP contribution in [0.25, 0.3) is 0 Å². The van der Waals surface area contributed by atoms with Crippen molar-refractivity contribution in [3.63, 3.8) is 0 Å². The third kappa shape index (κ3) is 6.86. The molecule has 0 aromatic heterocycles. The number of nitrogens with one attached hydrogen (secondary N) is 2. The second kappa shape index (κ2) is 10.8. The van der Waals surface area contributed by atoms with Crippen molar-refractivity contribution >= 4 is 40.7 Å². The molecule has 8 heteroatoms. The van der Waals surface area contributed by atoms with E-state index in [0.29, 0.717) is 10.7 Å². The zero-order valence-electron chi connectivity index (χ0n) is 17.7. The number of nitrogens with zero attached hydrogens (tertiary/aromatic N) is 2. The minimum absolute atomic E-state index is 0.00997. The molecule has 0 spiro atoms. The van der Waals surface area contributed by atoms with Gasteiger partial charge in [0.25, 0.3) is 0 Å². The molecule has 0 heterocycles. The summed E-state index contributed by atoms with van der Waals surface area (Å²) in [6.07, 6.45) is 0. The van der Waals surface area contributed by atoms with Crippen molar-refractivity contribution in [2.45, 2.75) is 13.8 Å². The van der Waals surface area contributed by atoms with E-state index in [4.69, 9.17) is 11.6 Å². The molecule has 0 aliphatic heterocycles. The third-order valence-corrected chi connectivity index (χ3v) is 4.85. The molecule has 7 nitrogen and oxygen atoms in total. The smallest absolute Gasteiger partial charge is 0.244 e. The molecule has 0 saturated carbocycles. The summed E-state index contributed by atoms with van der Waals surface area (Å²) in [5.41, 5.74) is 3.23. The summed E-state index contributed by atoms with van der Waals surface area (Å²) >= 11 is 6.02. The molecule has 2 aromatic carbocycles. The Kier molecular flexibility index (Phi) is 8.38. The number of hydrogen-bond donors (Lipinski definition) is 2. The minimum Gasteiger partial charge on any atom is -0.335 e. The molecular weight excluding hydrogens is 404 g/mol. The van der Waals surface area contributed by atoms with E-state index in [1.807, 2.05) is 32.0 Å². The Morgan fingerprint density at radius 1 is 0.833 bits per heavy atom. The lowest BCUT2D eigenvalue weighted by molar-refractivity contribution is -0.134. The van der Waals surface area contributed by atoms with Crippen LogP contribution in [0.1, 0.15) is 11.1 Å². The van der Waals surface area contributed by atoms with Crippen LogP contribution in [0, 0.1) is 13.8 Å². The first-order valence-electron chi connectivity index (χ1n) is 9.50. The second-order valence-electron chi connectivity index (χ2n) is 7.27. The lowest BCUT2D eigenvalue weighted by atomic mass is 10.1. The molecule has 0 aliphatic carbocycles. The summed E-state index contributed by atoms with van der Waals surface area (Å²) in [5.74, 6) is -0.831. The Morgan fingerprint density at radius 2 is 1.43 bits per heavy atom. The van der Waals surface area contributed by atoms with E-state index in [-0.39, 0.29) is 37.4 Å². The van der Waals surface area contributed by atoms with Gasteiger partial charge in [-0.25, -0.2) is 0 Å². The van der Waals surface area contributed by atoms with Gasteiger partial charge >= 0.3 is 0 Å². The lowest BCUT2D eigenvalue weighted by Gasteiger charge is -2.21. The highest BCUT2D eigenvalue weighted by molar-refractivity contribution is 6.33. The number of hydrogen-bond acceptors (Lipinski definition) is 4. The van der Waals surface area contributed by atoms with E-state index in [1.165, 1.54) is 4.90 Å². The van der Waals surface area contributed by atoms with Gasteiger partial charge in [-0.05, 0) is 44.2 Å². The van der Waals surface area contributed by atoms with E-state index in [9.17, 15) is 14.4 Å². The molecule has 3 amide bonds. The first-order chi connectivity index (χ1) is 14.2. The predicted octanol–water partition coefficient (Wildman–Crippen LogP) is 2.92. The molecule has 0 unspecified atom stereocenters. The van der Waals surface area contributed by atoms with E-state index < -0.39 is 0 Å². The summed E-state index contributed by atoms with van der Waals surface area (Å²) in [6.45, 7) is 3.80. The van der Waals surface area contributed by atoms with Crippen LogP contribution in [-0.2, 0) is 14.4 Å². The number of halogens is 1. The minimum atomic E-state index is -0.352. The first kappa shape index (κ1) is 23.4. The van der Waals surface area contributed by atoms with E-state index in [1.54, 1.807) is 43.3 Å². The number of carbonyl (C=O) groups excluding carboxylic acids is 3. The Bertz CT molecular complexity index is 912. The van der Waals surface area contributed by atoms with Gasteiger partial charge in [0, 0.05) is 12.7 Å². The molecule has 160 valence electrons. The molecule has 0 fully saturated rings. The van der Waals surface area contributed by atoms with Gasteiger partial charge in [-0.3, -0.25) is 19.3 Å². The molecule has 0 saturated heterocycles. The van der Waals surface area contributed by atoms with Crippen LogP contribution >= 0.6 is 11.6 Å². The Hall–Kier alpha value is -2.90. The van der Waals surface area contributed by atoms with Crippen molar-refractivity contribution in [1.29, 1.82) is 0 Å². The number of anilines is 2. The predicted molar refractivity (Wildman–Crippen MR) is 120 cm³/mol. The zero-order valence-corrected chi connectivity index (χ0v) is 18.4. The van der Waals surface area contributed by atoms with E-state index >= 15 is 0 Å². The number of rotatable bonds is 8. The lowest BCUT2D eigenvalue weighted by Crippen LogP contribution is -2.42. The fourth-order valence-corrected chi connectivity index (χ4v) is 3.08. The van der Waals surface area contributed by atoms with Crippen LogP contribution < -0.4 is 10.6 Å². The zero-order chi connectivity index (χ0) is 22.3. The number of aryl methyl sites for hydroxylation is 2. The summed E-state index contributed by atoms with van der Waals surface area (Å²) in [4.78, 5) is 39.8. The van der Waals surface area contributed by atoms with Crippen LogP contribution in [0.5, 0.6) is 0 Å². The SMILES string of the molecule is Cc1cccc(C)c1NC(=O)CN(C)CC(=O)N(C)CC(=O)Nc1ccccc1Cl. The summed E-state index contributed by atoms with van der Waals surface area (Å²) in [5, 5.41) is 6.00. The van der Waals surface area contributed by atoms with Gasteiger partial charge in [0.05, 0.1) is 30.3 Å². The number of para-hydroxylation sites is 2. The molecule has 0 atom stereocenters. The number of likely N-dealkylation sites (N-methyl/N-ethyl adjacent to an activating group) is 2. The molecule has 0 aliphatic rings. The van der Waals surface area contributed by atoms with Gasteiger partial charge in [0.1, 0.15) is 0 Å². The molecule has 0 radical (unpaired) electrons. The average Bonchev–Trinajstić information content (AvgIpc) is 2.66.